The Hall–Kier alpha value is -2.65. The fourth-order valence-electron chi connectivity index (χ4n) is 3.08. The highest BCUT2D eigenvalue weighted by Crippen LogP contribution is 2.34. The van der Waals surface area contributed by atoms with Gasteiger partial charge in [0.2, 0.25) is 5.91 Å². The Bertz CT molecular complexity index is 849. The Kier molecular flexibility index (Phi) is 8.21. The van der Waals surface area contributed by atoms with Crippen molar-refractivity contribution >= 4 is 28.2 Å². The smallest absolute Gasteiger partial charge is 0.261 e. The molecule has 2 aromatic rings. The van der Waals surface area contributed by atoms with Gasteiger partial charge in [0, 0.05) is 18.9 Å². The van der Waals surface area contributed by atoms with Crippen LogP contribution in [0.3, 0.4) is 0 Å². The highest BCUT2D eigenvalue weighted by atomic mass is 32.1. The monoisotopic (exact) mass is 397 g/mol. The van der Waals surface area contributed by atoms with Crippen LogP contribution in [0.4, 0.5) is 5.00 Å². The van der Waals surface area contributed by atoms with Gasteiger partial charge in [0.05, 0.1) is 15.9 Å². The minimum Gasteiger partial charge on any atom is -0.347 e. The highest BCUT2D eigenvalue weighted by Gasteiger charge is 2.23. The first-order valence-electron chi connectivity index (χ1n) is 9.63. The molecular weight excluding hydrogens is 370 g/mol. The number of carbonyl (C=O) groups is 2. The molecule has 5 nitrogen and oxygen atoms in total. The Morgan fingerprint density at radius 3 is 2.46 bits per heavy atom. The second-order valence-corrected chi connectivity index (χ2v) is 7.71. The van der Waals surface area contributed by atoms with Gasteiger partial charge in [0.1, 0.15) is 0 Å². The normalized spacial score (nSPS) is 10.5. The molecule has 2 rings (SSSR count). The van der Waals surface area contributed by atoms with Crippen LogP contribution >= 0.6 is 11.3 Å². The summed E-state index contributed by atoms with van der Waals surface area (Å²) < 4.78 is 0. The molecule has 0 radical (unpaired) electrons. The summed E-state index contributed by atoms with van der Waals surface area (Å²) in [5, 5.41) is 15.6. The zero-order chi connectivity index (χ0) is 20.5. The molecule has 1 heterocycles. The van der Waals surface area contributed by atoms with E-state index in [0.29, 0.717) is 29.3 Å². The quantitative estimate of drug-likeness (QED) is 0.636. The summed E-state index contributed by atoms with van der Waals surface area (Å²) in [5.41, 5.74) is 2.75. The van der Waals surface area contributed by atoms with E-state index in [4.69, 9.17) is 5.26 Å². The summed E-state index contributed by atoms with van der Waals surface area (Å²) in [7, 11) is 0. The third-order valence-electron chi connectivity index (χ3n) is 4.85. The predicted octanol–water partition coefficient (Wildman–Crippen LogP) is 4.82. The Balaban J connectivity index is 2.22. The lowest BCUT2D eigenvalue weighted by Crippen LogP contribution is -2.22. The van der Waals surface area contributed by atoms with Crippen LogP contribution in [-0.4, -0.2) is 11.8 Å². The van der Waals surface area contributed by atoms with E-state index in [2.05, 4.69) is 16.7 Å². The third kappa shape index (κ3) is 5.43. The molecule has 1 aromatic heterocycles. The van der Waals surface area contributed by atoms with Gasteiger partial charge in [-0.1, -0.05) is 44.2 Å². The minimum absolute atomic E-state index is 0.0271. The average molecular weight is 398 g/mol. The van der Waals surface area contributed by atoms with Crippen molar-refractivity contribution < 1.29 is 9.59 Å². The molecular formula is C22H27N3O2S. The van der Waals surface area contributed by atoms with Gasteiger partial charge in [0.25, 0.3) is 5.91 Å². The SMILES string of the molecule is CCC(CC)C(=O)Nc1sc(C(=O)NCc2ccccc2)c(C)c1CCC#N. The molecule has 148 valence electrons. The zero-order valence-electron chi connectivity index (χ0n) is 16.7. The Labute approximate surface area is 170 Å². The van der Waals surface area contributed by atoms with Crippen LogP contribution in [0.5, 0.6) is 0 Å². The largest absolute Gasteiger partial charge is 0.347 e. The number of nitriles is 1. The summed E-state index contributed by atoms with van der Waals surface area (Å²) in [6, 6.07) is 11.9. The van der Waals surface area contributed by atoms with Crippen LogP contribution in [0.25, 0.3) is 0 Å². The van der Waals surface area contributed by atoms with E-state index in [9.17, 15) is 9.59 Å². The summed E-state index contributed by atoms with van der Waals surface area (Å²) in [4.78, 5) is 25.9. The standard InChI is InChI=1S/C22H27N3O2S/c1-4-17(5-2)20(26)25-22-18(12-9-13-23)15(3)19(28-22)21(27)24-14-16-10-7-6-8-11-16/h6-8,10-11,17H,4-5,9,12,14H2,1-3H3,(H,24,27)(H,25,26). The number of amides is 2. The lowest BCUT2D eigenvalue weighted by molar-refractivity contribution is -0.120. The summed E-state index contributed by atoms with van der Waals surface area (Å²) in [6.45, 7) is 6.31. The number of nitrogens with one attached hydrogen (secondary N) is 2. The molecule has 0 bridgehead atoms. The first kappa shape index (κ1) is 21.6. The molecule has 2 amide bonds. The van der Waals surface area contributed by atoms with E-state index in [1.165, 1.54) is 11.3 Å². The zero-order valence-corrected chi connectivity index (χ0v) is 17.5. The van der Waals surface area contributed by atoms with Crippen molar-refractivity contribution in [2.24, 2.45) is 5.92 Å². The highest BCUT2D eigenvalue weighted by molar-refractivity contribution is 7.18. The van der Waals surface area contributed by atoms with Crippen LogP contribution in [0.2, 0.25) is 0 Å². The maximum atomic E-state index is 12.7. The molecule has 0 aliphatic rings. The second kappa shape index (κ2) is 10.6. The van der Waals surface area contributed by atoms with Gasteiger partial charge in [0.15, 0.2) is 0 Å². The van der Waals surface area contributed by atoms with Crippen LogP contribution < -0.4 is 10.6 Å². The second-order valence-electron chi connectivity index (χ2n) is 6.69. The van der Waals surface area contributed by atoms with E-state index in [1.807, 2.05) is 51.1 Å². The number of hydrogen-bond acceptors (Lipinski definition) is 4. The summed E-state index contributed by atoms with van der Waals surface area (Å²) >= 11 is 1.29. The molecule has 0 unspecified atom stereocenters. The van der Waals surface area contributed by atoms with Gasteiger partial charge in [-0.15, -0.1) is 11.3 Å². The Morgan fingerprint density at radius 1 is 1.18 bits per heavy atom. The number of nitrogens with zero attached hydrogens (tertiary/aromatic N) is 1. The van der Waals surface area contributed by atoms with Crippen LogP contribution in [0.15, 0.2) is 30.3 Å². The predicted molar refractivity (Wildman–Crippen MR) is 113 cm³/mol. The van der Waals surface area contributed by atoms with Crippen LogP contribution in [0.1, 0.15) is 59.5 Å². The molecule has 6 heteroatoms. The number of hydrogen-bond donors (Lipinski definition) is 2. The van der Waals surface area contributed by atoms with Gasteiger partial charge in [-0.2, -0.15) is 5.26 Å². The molecule has 0 atom stereocenters. The molecule has 0 spiro atoms. The van der Waals surface area contributed by atoms with Gasteiger partial charge in [-0.3, -0.25) is 9.59 Å². The van der Waals surface area contributed by atoms with E-state index < -0.39 is 0 Å². The van der Waals surface area contributed by atoms with E-state index in [0.717, 1.165) is 29.5 Å². The van der Waals surface area contributed by atoms with Crippen molar-refractivity contribution in [1.29, 1.82) is 5.26 Å². The van der Waals surface area contributed by atoms with Crippen molar-refractivity contribution in [2.45, 2.75) is 53.0 Å². The van der Waals surface area contributed by atoms with Crippen molar-refractivity contribution in [2.75, 3.05) is 5.32 Å². The van der Waals surface area contributed by atoms with Crippen molar-refractivity contribution in [3.05, 3.63) is 51.9 Å². The fraction of sp³-hybridized carbons (Fsp3) is 0.409. The molecule has 1 aromatic carbocycles. The van der Waals surface area contributed by atoms with E-state index >= 15 is 0 Å². The van der Waals surface area contributed by atoms with Crippen molar-refractivity contribution in [3.63, 3.8) is 0 Å². The number of rotatable bonds is 9. The number of benzene rings is 1. The van der Waals surface area contributed by atoms with Crippen LogP contribution in [0, 0.1) is 24.2 Å². The molecule has 0 saturated carbocycles. The fourth-order valence-corrected chi connectivity index (χ4v) is 4.25. The third-order valence-corrected chi connectivity index (χ3v) is 6.10. The maximum Gasteiger partial charge on any atom is 0.261 e. The molecule has 0 fully saturated rings. The molecule has 0 saturated heterocycles. The van der Waals surface area contributed by atoms with Crippen molar-refractivity contribution in [1.82, 2.24) is 5.32 Å². The first-order valence-corrected chi connectivity index (χ1v) is 10.5. The lowest BCUT2D eigenvalue weighted by Gasteiger charge is -2.12. The van der Waals surface area contributed by atoms with Crippen molar-refractivity contribution in [3.8, 4) is 6.07 Å². The lowest BCUT2D eigenvalue weighted by atomic mass is 10.0. The Morgan fingerprint density at radius 2 is 1.86 bits per heavy atom. The van der Waals surface area contributed by atoms with E-state index in [1.54, 1.807) is 0 Å². The average Bonchev–Trinajstić information content (AvgIpc) is 3.01. The van der Waals surface area contributed by atoms with Gasteiger partial charge in [-0.25, -0.2) is 0 Å². The molecule has 0 aliphatic heterocycles. The summed E-state index contributed by atoms with van der Waals surface area (Å²) in [6.07, 6.45) is 2.40. The topological polar surface area (TPSA) is 82.0 Å². The first-order chi connectivity index (χ1) is 13.5. The number of thiophene rings is 1. The van der Waals surface area contributed by atoms with E-state index in [-0.39, 0.29) is 17.7 Å². The summed E-state index contributed by atoms with van der Waals surface area (Å²) in [5.74, 6) is -0.241. The molecule has 2 N–H and O–H groups in total. The van der Waals surface area contributed by atoms with Gasteiger partial charge >= 0.3 is 0 Å². The molecule has 0 aliphatic carbocycles. The maximum absolute atomic E-state index is 12.7. The van der Waals surface area contributed by atoms with Gasteiger partial charge in [-0.05, 0) is 42.9 Å². The minimum atomic E-state index is -0.160. The van der Waals surface area contributed by atoms with Crippen LogP contribution in [-0.2, 0) is 17.8 Å². The molecule has 28 heavy (non-hydrogen) atoms. The number of anilines is 1. The number of carbonyl (C=O) groups excluding carboxylic acids is 2. The van der Waals surface area contributed by atoms with Gasteiger partial charge < -0.3 is 10.6 Å².